The van der Waals surface area contributed by atoms with Gasteiger partial charge >= 0.3 is 0 Å². The summed E-state index contributed by atoms with van der Waals surface area (Å²) < 4.78 is 23.0. The van der Waals surface area contributed by atoms with Crippen LogP contribution in [0.5, 0.6) is 23.0 Å². The van der Waals surface area contributed by atoms with E-state index in [-0.39, 0.29) is 43.3 Å². The first-order chi connectivity index (χ1) is 18.4. The smallest absolute Gasteiger partial charge is 0.187 e. The number of thiophene rings is 1. The first-order valence-corrected chi connectivity index (χ1v) is 12.9. The molecule has 0 bridgehead atoms. The molecule has 2 aromatic carbocycles. The second-order valence-corrected chi connectivity index (χ2v) is 9.36. The monoisotopic (exact) mass is 535 g/mol. The molecule has 1 N–H and O–H groups in total. The van der Waals surface area contributed by atoms with Gasteiger partial charge in [0.15, 0.2) is 34.6 Å². The Morgan fingerprint density at radius 2 is 1.68 bits per heavy atom. The summed E-state index contributed by atoms with van der Waals surface area (Å²) in [5.74, 6) is 1.13. The van der Waals surface area contributed by atoms with Crippen LogP contribution in [0.15, 0.2) is 47.8 Å². The zero-order chi connectivity index (χ0) is 27.2. The molecule has 0 saturated carbocycles. The van der Waals surface area contributed by atoms with Crippen LogP contribution in [-0.4, -0.2) is 56.2 Å². The topological polar surface area (TPSA) is 104 Å². The fourth-order valence-electron chi connectivity index (χ4n) is 4.19. The van der Waals surface area contributed by atoms with Crippen molar-refractivity contribution in [3.63, 3.8) is 0 Å². The molecule has 0 saturated heterocycles. The summed E-state index contributed by atoms with van der Waals surface area (Å²) in [4.78, 5) is 30.8. The van der Waals surface area contributed by atoms with Gasteiger partial charge in [0.25, 0.3) is 0 Å². The lowest BCUT2D eigenvalue weighted by molar-refractivity contribution is 0.0914. The third-order valence-corrected chi connectivity index (χ3v) is 7.25. The van der Waals surface area contributed by atoms with Gasteiger partial charge in [0, 0.05) is 45.5 Å². The number of benzene rings is 2. The van der Waals surface area contributed by atoms with Crippen molar-refractivity contribution in [1.82, 2.24) is 4.98 Å². The number of ketones is 2. The highest BCUT2D eigenvalue weighted by Crippen LogP contribution is 2.43. The van der Waals surface area contributed by atoms with Gasteiger partial charge in [-0.05, 0) is 30.7 Å². The number of aromatic nitrogens is 1. The number of aliphatic hydroxyl groups is 1. The lowest BCUT2D eigenvalue weighted by atomic mass is 10.0. The predicted octanol–water partition coefficient (Wildman–Crippen LogP) is 5.51. The Kier molecular flexibility index (Phi) is 8.60. The van der Waals surface area contributed by atoms with Gasteiger partial charge < -0.3 is 24.1 Å². The Hall–Kier alpha value is -3.95. The summed E-state index contributed by atoms with van der Waals surface area (Å²) in [7, 11) is 4.52. The van der Waals surface area contributed by atoms with Crippen LogP contribution in [0.25, 0.3) is 21.3 Å². The number of pyridine rings is 1. The first-order valence-electron chi connectivity index (χ1n) is 12.0. The third kappa shape index (κ3) is 5.49. The Bertz CT molecular complexity index is 1480. The summed E-state index contributed by atoms with van der Waals surface area (Å²) in [6, 6.07) is 12.4. The van der Waals surface area contributed by atoms with Crippen LogP contribution in [0, 0.1) is 6.92 Å². The minimum Gasteiger partial charge on any atom is -0.493 e. The number of aliphatic hydroxyl groups excluding tert-OH is 1. The molecular weight excluding hydrogens is 506 g/mol. The summed E-state index contributed by atoms with van der Waals surface area (Å²) in [6.07, 6.45) is -0.0416. The number of carbonyl (C=O) groups excluding carboxylic acids is 2. The molecule has 4 rings (SSSR count). The van der Waals surface area contributed by atoms with E-state index in [0.717, 1.165) is 21.2 Å². The number of nitrogens with zero attached hydrogens (tertiary/aromatic N) is 1. The molecule has 0 amide bonds. The van der Waals surface area contributed by atoms with E-state index in [1.807, 2.05) is 17.5 Å². The number of carbonyl (C=O) groups is 2. The summed E-state index contributed by atoms with van der Waals surface area (Å²) in [6.45, 7) is 2.02. The third-order valence-electron chi connectivity index (χ3n) is 6.11. The van der Waals surface area contributed by atoms with Gasteiger partial charge in [-0.25, -0.2) is 4.98 Å². The van der Waals surface area contributed by atoms with Gasteiger partial charge in [0.2, 0.25) is 0 Å². The van der Waals surface area contributed by atoms with Gasteiger partial charge in [-0.15, -0.1) is 11.3 Å². The highest BCUT2D eigenvalue weighted by molar-refractivity contribution is 7.18. The molecule has 0 fully saturated rings. The molecule has 198 valence electrons. The maximum atomic E-state index is 13.2. The molecule has 8 nitrogen and oxygen atoms in total. The van der Waals surface area contributed by atoms with Crippen molar-refractivity contribution in [3.05, 3.63) is 64.7 Å². The lowest BCUT2D eigenvalue weighted by Crippen LogP contribution is -2.09. The average Bonchev–Trinajstić information content (AvgIpc) is 3.39. The Morgan fingerprint density at radius 3 is 2.39 bits per heavy atom. The summed E-state index contributed by atoms with van der Waals surface area (Å²) in [5.41, 5.74) is 3.11. The van der Waals surface area contributed by atoms with Gasteiger partial charge in [0.1, 0.15) is 18.0 Å². The van der Waals surface area contributed by atoms with E-state index in [4.69, 9.17) is 24.1 Å². The van der Waals surface area contributed by atoms with Crippen LogP contribution in [0.2, 0.25) is 0 Å². The maximum Gasteiger partial charge on any atom is 0.187 e. The molecule has 4 aromatic rings. The van der Waals surface area contributed by atoms with Crippen molar-refractivity contribution in [2.24, 2.45) is 0 Å². The van der Waals surface area contributed by atoms with E-state index >= 15 is 0 Å². The van der Waals surface area contributed by atoms with Gasteiger partial charge in [-0.2, -0.15) is 0 Å². The SMILES string of the molecule is COc1cc(C(=O)CCC(=O)c2cc(OC)c(OC)c(-c3csc4c(C)cccc34)n2)ccc1OCCO. The second-order valence-electron chi connectivity index (χ2n) is 8.48. The second kappa shape index (κ2) is 12.1. The van der Waals surface area contributed by atoms with E-state index in [9.17, 15) is 9.59 Å². The van der Waals surface area contributed by atoms with Crippen LogP contribution >= 0.6 is 11.3 Å². The summed E-state index contributed by atoms with van der Waals surface area (Å²) in [5, 5.41) is 12.0. The van der Waals surface area contributed by atoms with E-state index in [2.05, 4.69) is 18.0 Å². The zero-order valence-corrected chi connectivity index (χ0v) is 22.5. The number of hydrogen-bond donors (Lipinski definition) is 1. The van der Waals surface area contributed by atoms with Crippen LogP contribution < -0.4 is 18.9 Å². The molecule has 2 aromatic heterocycles. The fraction of sp³-hybridized carbons (Fsp3) is 0.276. The van der Waals surface area contributed by atoms with Crippen LogP contribution in [0.3, 0.4) is 0 Å². The Morgan fingerprint density at radius 1 is 0.921 bits per heavy atom. The molecule has 0 spiro atoms. The normalized spacial score (nSPS) is 10.9. The number of aryl methyl sites for hydroxylation is 1. The molecular formula is C29H29NO7S. The standard InChI is InChI=1S/C29H29NO7S/c1-17-6-5-7-19-20(16-38-29(17)19)27-28(36-4)26(35-3)15-21(30-27)23(33)10-9-22(32)18-8-11-24(37-13-12-31)25(14-18)34-2/h5-8,11,14-16,31H,9-10,12-13H2,1-4H3. The zero-order valence-electron chi connectivity index (χ0n) is 21.7. The Balaban J connectivity index is 1.59. The molecule has 0 aliphatic carbocycles. The number of methoxy groups -OCH3 is 3. The number of Topliss-reactive ketones (excluding diaryl/α,β-unsaturated/α-hetero) is 2. The van der Waals surface area contributed by atoms with Crippen molar-refractivity contribution >= 4 is 33.0 Å². The largest absolute Gasteiger partial charge is 0.493 e. The number of rotatable bonds is 12. The van der Waals surface area contributed by atoms with E-state index in [0.29, 0.717) is 34.3 Å². The van der Waals surface area contributed by atoms with Gasteiger partial charge in [0.05, 0.1) is 27.9 Å². The van der Waals surface area contributed by atoms with Crippen LogP contribution in [-0.2, 0) is 0 Å². The minimum absolute atomic E-state index is 0.00916. The van der Waals surface area contributed by atoms with Gasteiger partial charge in [-0.1, -0.05) is 18.2 Å². The molecule has 0 atom stereocenters. The highest BCUT2D eigenvalue weighted by Gasteiger charge is 2.22. The maximum absolute atomic E-state index is 13.2. The van der Waals surface area contributed by atoms with Gasteiger partial charge in [-0.3, -0.25) is 9.59 Å². The fourth-order valence-corrected chi connectivity index (χ4v) is 5.22. The number of hydrogen-bond acceptors (Lipinski definition) is 9. The van der Waals surface area contributed by atoms with Crippen molar-refractivity contribution in [2.75, 3.05) is 34.5 Å². The molecule has 0 aliphatic rings. The van der Waals surface area contributed by atoms with Crippen molar-refractivity contribution in [1.29, 1.82) is 0 Å². The highest BCUT2D eigenvalue weighted by atomic mass is 32.1. The predicted molar refractivity (Wildman–Crippen MR) is 146 cm³/mol. The van der Waals surface area contributed by atoms with Crippen molar-refractivity contribution < 1.29 is 33.6 Å². The molecule has 9 heteroatoms. The summed E-state index contributed by atoms with van der Waals surface area (Å²) >= 11 is 1.60. The molecule has 0 aliphatic heterocycles. The molecule has 0 radical (unpaired) electrons. The van der Waals surface area contributed by atoms with Crippen LogP contribution in [0.1, 0.15) is 39.3 Å². The van der Waals surface area contributed by atoms with Crippen LogP contribution in [0.4, 0.5) is 0 Å². The number of ether oxygens (including phenoxy) is 4. The quantitative estimate of drug-likeness (QED) is 0.237. The minimum atomic E-state index is -0.286. The lowest BCUT2D eigenvalue weighted by Gasteiger charge is -2.14. The Labute approximate surface area is 224 Å². The average molecular weight is 536 g/mol. The molecule has 38 heavy (non-hydrogen) atoms. The number of fused-ring (bicyclic) bond motifs is 1. The van der Waals surface area contributed by atoms with Crippen molar-refractivity contribution in [2.45, 2.75) is 19.8 Å². The van der Waals surface area contributed by atoms with E-state index < -0.39 is 0 Å². The van der Waals surface area contributed by atoms with E-state index in [1.165, 1.54) is 21.3 Å². The van der Waals surface area contributed by atoms with Crippen molar-refractivity contribution in [3.8, 4) is 34.3 Å². The van der Waals surface area contributed by atoms with E-state index in [1.54, 1.807) is 35.6 Å². The molecule has 2 heterocycles. The molecule has 0 unspecified atom stereocenters. The first kappa shape index (κ1) is 27.1.